The van der Waals surface area contributed by atoms with Crippen LogP contribution >= 0.6 is 0 Å². The lowest BCUT2D eigenvalue weighted by atomic mass is 10.4. The Morgan fingerprint density at radius 2 is 1.43 bits per heavy atom. The van der Waals surface area contributed by atoms with E-state index in [2.05, 4.69) is 9.73 Å². The van der Waals surface area contributed by atoms with E-state index < -0.39 is 25.1 Å². The van der Waals surface area contributed by atoms with Crippen LogP contribution in [0.4, 0.5) is 3.89 Å². The molecule has 1 N–H and O–H groups in total. The number of likely N-dealkylation sites (N-methyl/N-ethyl adjacent to an activating group) is 1. The molecular formula is C11H16FN3O4S2. The van der Waals surface area contributed by atoms with Gasteiger partial charge in [0.05, 0.1) is 9.79 Å². The van der Waals surface area contributed by atoms with Crippen LogP contribution in [0.25, 0.3) is 0 Å². The third kappa shape index (κ3) is 4.20. The Kier molecular flexibility index (Phi) is 4.63. The first-order chi connectivity index (χ1) is 9.68. The molecule has 1 heterocycles. The number of hydrogen-bond acceptors (Lipinski definition) is 6. The number of piperazine rings is 1. The number of benzene rings is 1. The summed E-state index contributed by atoms with van der Waals surface area (Å²) in [6, 6.07) is 3.97. The van der Waals surface area contributed by atoms with Gasteiger partial charge in [-0.05, 0) is 31.3 Å². The molecule has 2 rings (SSSR count). The molecule has 7 nitrogen and oxygen atoms in total. The number of hydrogen-bond donors (Lipinski definition) is 1. The normalized spacial score (nSPS) is 18.8. The van der Waals surface area contributed by atoms with Crippen molar-refractivity contribution < 1.29 is 20.7 Å². The second-order valence-electron chi connectivity index (χ2n) is 4.79. The minimum Gasteiger partial charge on any atom is -0.304 e. The molecule has 0 unspecified atom stereocenters. The molecule has 1 aliphatic rings. The van der Waals surface area contributed by atoms with Crippen LogP contribution in [-0.4, -0.2) is 60.0 Å². The van der Waals surface area contributed by atoms with Gasteiger partial charge in [0.2, 0.25) is 0 Å². The number of nitrogens with one attached hydrogen (secondary N) is 1. The maximum absolute atomic E-state index is 12.8. The Morgan fingerprint density at radius 3 is 1.90 bits per heavy atom. The summed E-state index contributed by atoms with van der Waals surface area (Å²) in [5, 5.41) is 1.58. The Balaban J connectivity index is 2.13. The van der Waals surface area contributed by atoms with Gasteiger partial charge in [0.25, 0.3) is 10.0 Å². The molecule has 0 aromatic heterocycles. The Bertz CT molecular complexity index is 695. The summed E-state index contributed by atoms with van der Waals surface area (Å²) in [4.78, 5) is 3.82. The van der Waals surface area contributed by atoms with E-state index in [0.29, 0.717) is 13.1 Å². The Labute approximate surface area is 123 Å². The number of halogens is 1. The third-order valence-corrected chi connectivity index (χ3v) is 5.39. The Hall–Kier alpha value is -1.07. The largest absolute Gasteiger partial charge is 0.332 e. The molecule has 118 valence electrons. The lowest BCUT2D eigenvalue weighted by Gasteiger charge is -2.32. The van der Waals surface area contributed by atoms with Gasteiger partial charge in [0.15, 0.2) is 0 Å². The molecule has 0 spiro atoms. The first-order valence-electron chi connectivity index (χ1n) is 6.19. The van der Waals surface area contributed by atoms with E-state index in [4.69, 9.17) is 0 Å². The fourth-order valence-corrected chi connectivity index (χ4v) is 3.49. The minimum absolute atomic E-state index is 0.117. The zero-order valence-corrected chi connectivity index (χ0v) is 13.0. The molecule has 0 atom stereocenters. The number of rotatable bonds is 4. The highest BCUT2D eigenvalue weighted by molar-refractivity contribution is 7.89. The van der Waals surface area contributed by atoms with Gasteiger partial charge < -0.3 is 4.90 Å². The highest BCUT2D eigenvalue weighted by Crippen LogP contribution is 2.16. The van der Waals surface area contributed by atoms with Crippen molar-refractivity contribution in [2.75, 3.05) is 33.2 Å². The summed E-state index contributed by atoms with van der Waals surface area (Å²) < 4.78 is 58.4. The minimum atomic E-state index is -4.83. The number of hydrazine groups is 1. The van der Waals surface area contributed by atoms with Crippen molar-refractivity contribution in [3.05, 3.63) is 24.3 Å². The van der Waals surface area contributed by atoms with E-state index in [9.17, 15) is 20.7 Å². The summed E-state index contributed by atoms with van der Waals surface area (Å²) in [5.74, 6) is 0. The van der Waals surface area contributed by atoms with E-state index >= 15 is 0 Å². The maximum Gasteiger partial charge on any atom is 0.332 e. The van der Waals surface area contributed by atoms with Gasteiger partial charge in [-0.25, -0.2) is 13.4 Å². The van der Waals surface area contributed by atoms with Crippen molar-refractivity contribution in [1.82, 2.24) is 14.7 Å². The van der Waals surface area contributed by atoms with Crippen molar-refractivity contribution in [2.45, 2.75) is 9.79 Å². The summed E-state index contributed by atoms with van der Waals surface area (Å²) in [7, 11) is -6.68. The third-order valence-electron chi connectivity index (χ3n) is 3.17. The molecule has 1 fully saturated rings. The van der Waals surface area contributed by atoms with Gasteiger partial charge in [-0.1, -0.05) is 0 Å². The second kappa shape index (κ2) is 5.97. The van der Waals surface area contributed by atoms with E-state index in [1.807, 2.05) is 7.05 Å². The van der Waals surface area contributed by atoms with E-state index in [1.54, 1.807) is 5.01 Å². The summed E-state index contributed by atoms with van der Waals surface area (Å²) in [5.41, 5.74) is 0. The fraction of sp³-hybridized carbons (Fsp3) is 0.455. The second-order valence-corrected chi connectivity index (χ2v) is 7.80. The number of nitrogens with zero attached hydrogens (tertiary/aromatic N) is 2. The highest BCUT2D eigenvalue weighted by Gasteiger charge is 2.22. The molecule has 0 aliphatic carbocycles. The summed E-state index contributed by atoms with van der Waals surface area (Å²) in [6.07, 6.45) is 0. The lowest BCUT2D eigenvalue weighted by molar-refractivity contribution is 0.135. The average Bonchev–Trinajstić information content (AvgIpc) is 2.40. The predicted molar refractivity (Wildman–Crippen MR) is 74.1 cm³/mol. The zero-order valence-electron chi connectivity index (χ0n) is 11.4. The molecule has 1 aliphatic heterocycles. The average molecular weight is 337 g/mol. The fourth-order valence-electron chi connectivity index (χ4n) is 1.90. The first-order valence-corrected chi connectivity index (χ1v) is 9.06. The van der Waals surface area contributed by atoms with Crippen LogP contribution in [0.1, 0.15) is 0 Å². The van der Waals surface area contributed by atoms with Crippen molar-refractivity contribution in [1.29, 1.82) is 0 Å². The molecule has 10 heteroatoms. The van der Waals surface area contributed by atoms with Crippen LogP contribution in [0.2, 0.25) is 0 Å². The zero-order chi connectivity index (χ0) is 15.7. The quantitative estimate of drug-likeness (QED) is 0.765. The molecule has 0 bridgehead atoms. The Morgan fingerprint density at radius 1 is 0.952 bits per heavy atom. The van der Waals surface area contributed by atoms with Gasteiger partial charge in [-0.3, -0.25) is 0 Å². The SMILES string of the molecule is CN1CCN(NS(=O)(=O)c2ccc(S(=O)(=O)F)cc2)CC1. The lowest BCUT2D eigenvalue weighted by Crippen LogP contribution is -2.52. The molecule has 0 saturated carbocycles. The topological polar surface area (TPSA) is 86.8 Å². The van der Waals surface area contributed by atoms with Gasteiger partial charge in [-0.2, -0.15) is 8.42 Å². The maximum atomic E-state index is 12.8. The van der Waals surface area contributed by atoms with Crippen LogP contribution in [0.5, 0.6) is 0 Å². The van der Waals surface area contributed by atoms with Gasteiger partial charge >= 0.3 is 10.2 Å². The van der Waals surface area contributed by atoms with Crippen LogP contribution in [-0.2, 0) is 20.2 Å². The van der Waals surface area contributed by atoms with Crippen LogP contribution < -0.4 is 4.83 Å². The van der Waals surface area contributed by atoms with Crippen molar-refractivity contribution >= 4 is 20.2 Å². The number of sulfonamides is 1. The van der Waals surface area contributed by atoms with Gasteiger partial charge in [-0.15, -0.1) is 8.72 Å². The van der Waals surface area contributed by atoms with E-state index in [0.717, 1.165) is 37.4 Å². The van der Waals surface area contributed by atoms with Crippen LogP contribution in [0.3, 0.4) is 0 Å². The van der Waals surface area contributed by atoms with Crippen molar-refractivity contribution in [3.8, 4) is 0 Å². The van der Waals surface area contributed by atoms with Gasteiger partial charge in [0, 0.05) is 26.2 Å². The summed E-state index contributed by atoms with van der Waals surface area (Å²) >= 11 is 0. The van der Waals surface area contributed by atoms with E-state index in [1.165, 1.54) is 0 Å². The predicted octanol–water partition coefficient (Wildman–Crippen LogP) is -0.214. The molecule has 21 heavy (non-hydrogen) atoms. The van der Waals surface area contributed by atoms with Gasteiger partial charge in [0.1, 0.15) is 0 Å². The monoisotopic (exact) mass is 337 g/mol. The standard InChI is InChI=1S/C11H16FN3O4S2/c1-14-6-8-15(9-7-14)13-21(18,19)11-4-2-10(3-5-11)20(12,16)17/h2-5,13H,6-9H2,1H3. The summed E-state index contributed by atoms with van der Waals surface area (Å²) in [6.45, 7) is 2.57. The first kappa shape index (κ1) is 16.3. The molecule has 0 radical (unpaired) electrons. The highest BCUT2D eigenvalue weighted by atomic mass is 32.3. The van der Waals surface area contributed by atoms with E-state index in [-0.39, 0.29) is 4.90 Å². The molecule has 1 saturated heterocycles. The van der Waals surface area contributed by atoms with Crippen LogP contribution in [0, 0.1) is 0 Å². The van der Waals surface area contributed by atoms with Crippen molar-refractivity contribution in [2.24, 2.45) is 0 Å². The van der Waals surface area contributed by atoms with Crippen LogP contribution in [0.15, 0.2) is 34.1 Å². The molecule has 0 amide bonds. The van der Waals surface area contributed by atoms with Crippen molar-refractivity contribution in [3.63, 3.8) is 0 Å². The molecule has 1 aromatic carbocycles. The smallest absolute Gasteiger partial charge is 0.304 e. The molecule has 1 aromatic rings. The molecular weight excluding hydrogens is 321 g/mol.